The number of unbranched alkanes of at least 4 members (excludes halogenated alkanes) is 5. The predicted octanol–water partition coefficient (Wildman–Crippen LogP) is 4.89. The molecule has 0 saturated heterocycles. The van der Waals surface area contributed by atoms with Crippen molar-refractivity contribution >= 4 is 11.9 Å². The first-order chi connectivity index (χ1) is 11.5. The molecule has 0 bridgehead atoms. The van der Waals surface area contributed by atoms with Gasteiger partial charge in [-0.15, -0.1) is 0 Å². The molecule has 0 amide bonds. The molecule has 0 spiro atoms. The number of carbonyl (C=O) groups excluding carboxylic acids is 2. The van der Waals surface area contributed by atoms with Crippen LogP contribution in [0.4, 0.5) is 0 Å². The van der Waals surface area contributed by atoms with Crippen LogP contribution < -0.4 is 0 Å². The van der Waals surface area contributed by atoms with Crippen molar-refractivity contribution < 1.29 is 19.1 Å². The van der Waals surface area contributed by atoms with Crippen molar-refractivity contribution in [3.63, 3.8) is 0 Å². The number of esters is 2. The van der Waals surface area contributed by atoms with Crippen LogP contribution in [-0.4, -0.2) is 24.6 Å². The average Bonchev–Trinajstić information content (AvgIpc) is 2.53. The van der Waals surface area contributed by atoms with E-state index in [-0.39, 0.29) is 6.10 Å². The third-order valence-corrected chi connectivity index (χ3v) is 5.12. The average molecular weight is 341 g/mol. The van der Waals surface area contributed by atoms with Crippen LogP contribution in [0.25, 0.3) is 0 Å². The van der Waals surface area contributed by atoms with Crippen LogP contribution in [0.3, 0.4) is 0 Å². The molecule has 0 aromatic carbocycles. The van der Waals surface area contributed by atoms with E-state index in [2.05, 4.69) is 27.7 Å². The minimum Gasteiger partial charge on any atom is -0.457 e. The Morgan fingerprint density at radius 2 is 1.67 bits per heavy atom. The van der Waals surface area contributed by atoms with Gasteiger partial charge in [-0.2, -0.15) is 0 Å². The van der Waals surface area contributed by atoms with Gasteiger partial charge in [-0.3, -0.25) is 0 Å². The van der Waals surface area contributed by atoms with E-state index in [9.17, 15) is 9.59 Å². The minimum absolute atomic E-state index is 0.150. The highest BCUT2D eigenvalue weighted by atomic mass is 16.6. The molecule has 0 heterocycles. The fraction of sp³-hybridized carbons (Fsp3) is 0.900. The van der Waals surface area contributed by atoms with Gasteiger partial charge in [-0.1, -0.05) is 66.2 Å². The van der Waals surface area contributed by atoms with Crippen LogP contribution >= 0.6 is 0 Å². The molecule has 1 rings (SSSR count). The SMILES string of the molecule is CCCCCCCCOC(=O)C(=O)OC1CC(C)CCC1C(C)C. The molecule has 4 nitrogen and oxygen atoms in total. The molecule has 3 atom stereocenters. The van der Waals surface area contributed by atoms with E-state index in [1.807, 2.05) is 0 Å². The molecule has 1 fully saturated rings. The van der Waals surface area contributed by atoms with Crippen LogP contribution in [0.15, 0.2) is 0 Å². The largest absolute Gasteiger partial charge is 0.457 e. The number of ether oxygens (including phenoxy) is 2. The zero-order valence-corrected chi connectivity index (χ0v) is 16.0. The maximum absolute atomic E-state index is 12.0. The molecule has 1 aliphatic rings. The van der Waals surface area contributed by atoms with Crippen LogP contribution in [0.5, 0.6) is 0 Å². The van der Waals surface area contributed by atoms with E-state index in [0.29, 0.717) is 24.4 Å². The molecule has 1 saturated carbocycles. The van der Waals surface area contributed by atoms with Gasteiger partial charge in [0, 0.05) is 0 Å². The molecule has 0 aromatic rings. The summed E-state index contributed by atoms with van der Waals surface area (Å²) in [5, 5.41) is 0. The van der Waals surface area contributed by atoms with Gasteiger partial charge in [-0.25, -0.2) is 9.59 Å². The monoisotopic (exact) mass is 340 g/mol. The first-order valence-corrected chi connectivity index (χ1v) is 9.83. The van der Waals surface area contributed by atoms with Gasteiger partial charge in [0.1, 0.15) is 6.10 Å². The lowest BCUT2D eigenvalue weighted by Crippen LogP contribution is -2.37. The van der Waals surface area contributed by atoms with Gasteiger partial charge >= 0.3 is 11.9 Å². The van der Waals surface area contributed by atoms with E-state index in [1.165, 1.54) is 25.7 Å². The van der Waals surface area contributed by atoms with E-state index in [1.54, 1.807) is 0 Å². The lowest BCUT2D eigenvalue weighted by atomic mass is 9.75. The van der Waals surface area contributed by atoms with Crippen molar-refractivity contribution in [2.24, 2.45) is 17.8 Å². The lowest BCUT2D eigenvalue weighted by molar-refractivity contribution is -0.175. The molecular weight excluding hydrogens is 304 g/mol. The second kappa shape index (κ2) is 11.5. The third kappa shape index (κ3) is 7.67. The maximum atomic E-state index is 12.0. The Bertz CT molecular complexity index is 378. The number of hydrogen-bond acceptors (Lipinski definition) is 4. The molecule has 4 heteroatoms. The van der Waals surface area contributed by atoms with E-state index >= 15 is 0 Å². The van der Waals surface area contributed by atoms with Crippen LogP contribution in [0.2, 0.25) is 0 Å². The molecule has 0 aliphatic heterocycles. The van der Waals surface area contributed by atoms with Gasteiger partial charge in [0.15, 0.2) is 0 Å². The molecule has 1 aliphatic carbocycles. The molecule has 0 aromatic heterocycles. The maximum Gasteiger partial charge on any atom is 0.417 e. The summed E-state index contributed by atoms with van der Waals surface area (Å²) in [4.78, 5) is 23.8. The summed E-state index contributed by atoms with van der Waals surface area (Å²) in [7, 11) is 0. The van der Waals surface area contributed by atoms with Gasteiger partial charge in [0.05, 0.1) is 6.61 Å². The van der Waals surface area contributed by atoms with Gasteiger partial charge in [0.25, 0.3) is 0 Å². The lowest BCUT2D eigenvalue weighted by Gasteiger charge is -2.36. The van der Waals surface area contributed by atoms with Crippen molar-refractivity contribution in [3.05, 3.63) is 0 Å². The number of hydrogen-bond donors (Lipinski definition) is 0. The first-order valence-electron chi connectivity index (χ1n) is 9.83. The third-order valence-electron chi connectivity index (χ3n) is 5.12. The quantitative estimate of drug-likeness (QED) is 0.340. The van der Waals surface area contributed by atoms with Gasteiger partial charge in [-0.05, 0) is 37.0 Å². The number of carbonyl (C=O) groups is 2. The Hall–Kier alpha value is -1.06. The highest BCUT2D eigenvalue weighted by Crippen LogP contribution is 2.35. The summed E-state index contributed by atoms with van der Waals surface area (Å²) in [6.07, 6.45) is 9.64. The Labute approximate surface area is 147 Å². The van der Waals surface area contributed by atoms with E-state index in [0.717, 1.165) is 32.1 Å². The fourth-order valence-corrected chi connectivity index (χ4v) is 3.54. The Morgan fingerprint density at radius 1 is 1.00 bits per heavy atom. The number of rotatable bonds is 9. The van der Waals surface area contributed by atoms with Crippen molar-refractivity contribution in [2.45, 2.75) is 91.6 Å². The summed E-state index contributed by atoms with van der Waals surface area (Å²) in [6.45, 7) is 8.98. The molecule has 0 N–H and O–H groups in total. The summed E-state index contributed by atoms with van der Waals surface area (Å²) < 4.78 is 10.6. The van der Waals surface area contributed by atoms with Crippen molar-refractivity contribution in [3.8, 4) is 0 Å². The second-order valence-electron chi connectivity index (χ2n) is 7.67. The summed E-state index contributed by atoms with van der Waals surface area (Å²) in [5.74, 6) is -0.307. The highest BCUT2D eigenvalue weighted by molar-refractivity contribution is 6.29. The second-order valence-corrected chi connectivity index (χ2v) is 7.67. The minimum atomic E-state index is -0.829. The fourth-order valence-electron chi connectivity index (χ4n) is 3.54. The van der Waals surface area contributed by atoms with Crippen molar-refractivity contribution in [2.75, 3.05) is 6.61 Å². The van der Waals surface area contributed by atoms with Crippen LogP contribution in [0.1, 0.15) is 85.5 Å². The van der Waals surface area contributed by atoms with Crippen molar-refractivity contribution in [1.82, 2.24) is 0 Å². The molecule has 0 radical (unpaired) electrons. The zero-order chi connectivity index (χ0) is 17.9. The predicted molar refractivity (Wildman–Crippen MR) is 95.6 cm³/mol. The van der Waals surface area contributed by atoms with Gasteiger partial charge < -0.3 is 9.47 Å². The van der Waals surface area contributed by atoms with Crippen LogP contribution in [-0.2, 0) is 19.1 Å². The standard InChI is InChI=1S/C20H36O4/c1-5-6-7-8-9-10-13-23-19(21)20(22)24-18-14-16(4)11-12-17(18)15(2)3/h15-18H,5-14H2,1-4H3. The molecule has 3 unspecified atom stereocenters. The van der Waals surface area contributed by atoms with Crippen LogP contribution in [0, 0.1) is 17.8 Å². The Balaban J connectivity index is 2.28. The molecular formula is C20H36O4. The highest BCUT2D eigenvalue weighted by Gasteiger charge is 2.35. The van der Waals surface area contributed by atoms with E-state index < -0.39 is 11.9 Å². The normalized spacial score (nSPS) is 24.0. The summed E-state index contributed by atoms with van der Waals surface area (Å²) >= 11 is 0. The summed E-state index contributed by atoms with van der Waals surface area (Å²) in [5.41, 5.74) is 0. The smallest absolute Gasteiger partial charge is 0.417 e. The Morgan fingerprint density at radius 3 is 2.33 bits per heavy atom. The van der Waals surface area contributed by atoms with Crippen molar-refractivity contribution in [1.29, 1.82) is 0 Å². The molecule has 140 valence electrons. The molecule has 24 heavy (non-hydrogen) atoms. The van der Waals surface area contributed by atoms with E-state index in [4.69, 9.17) is 9.47 Å². The topological polar surface area (TPSA) is 52.6 Å². The zero-order valence-electron chi connectivity index (χ0n) is 16.0. The first kappa shape index (κ1) is 21.0. The Kier molecular flexibility index (Phi) is 10.0. The van der Waals surface area contributed by atoms with Gasteiger partial charge in [0.2, 0.25) is 0 Å². The summed E-state index contributed by atoms with van der Waals surface area (Å²) in [6, 6.07) is 0.